The fourth-order valence-corrected chi connectivity index (χ4v) is 0.784. The van der Waals surface area contributed by atoms with Crippen LogP contribution in [-0.4, -0.2) is 19.1 Å². The quantitative estimate of drug-likeness (QED) is 0.600. The van der Waals surface area contributed by atoms with Crippen LogP contribution in [-0.2, 0) is 9.53 Å². The van der Waals surface area contributed by atoms with E-state index in [4.69, 9.17) is 5.73 Å². The smallest absolute Gasteiger partial charge is 0.322 e. The fraction of sp³-hybridized carbons (Fsp3) is 0.833. The molecule has 0 bridgehead atoms. The van der Waals surface area contributed by atoms with Crippen molar-refractivity contribution < 1.29 is 9.53 Å². The molecule has 0 aromatic heterocycles. The van der Waals surface area contributed by atoms with E-state index in [2.05, 4.69) is 4.74 Å². The summed E-state index contributed by atoms with van der Waals surface area (Å²) in [5.74, 6) is 0.120. The molecule has 0 aromatic carbocycles. The zero-order valence-electron chi connectivity index (χ0n) is 5.87. The maximum atomic E-state index is 10.6. The van der Waals surface area contributed by atoms with Crippen LogP contribution < -0.4 is 5.73 Å². The Bertz CT molecular complexity index is 125. The number of halogens is 1. The van der Waals surface area contributed by atoms with E-state index in [0.29, 0.717) is 5.92 Å². The van der Waals surface area contributed by atoms with Crippen LogP contribution >= 0.6 is 12.4 Å². The van der Waals surface area contributed by atoms with Crippen LogP contribution in [0, 0.1) is 5.92 Å². The first-order valence-electron chi connectivity index (χ1n) is 3.09. The molecular weight excluding hydrogens is 154 g/mol. The summed E-state index contributed by atoms with van der Waals surface area (Å²) in [5, 5.41) is 0. The van der Waals surface area contributed by atoms with E-state index in [-0.39, 0.29) is 24.4 Å². The van der Waals surface area contributed by atoms with Gasteiger partial charge >= 0.3 is 5.97 Å². The lowest BCUT2D eigenvalue weighted by molar-refractivity contribution is -0.142. The molecule has 0 aliphatic heterocycles. The minimum Gasteiger partial charge on any atom is -0.468 e. The van der Waals surface area contributed by atoms with Gasteiger partial charge in [-0.25, -0.2) is 0 Å². The van der Waals surface area contributed by atoms with Gasteiger partial charge in [0.1, 0.15) is 6.04 Å². The van der Waals surface area contributed by atoms with E-state index in [1.54, 1.807) is 0 Å². The fourth-order valence-electron chi connectivity index (χ4n) is 0.784. The third-order valence-electron chi connectivity index (χ3n) is 1.60. The maximum absolute atomic E-state index is 10.6. The normalized spacial score (nSPS) is 19.0. The molecule has 1 saturated carbocycles. The highest BCUT2D eigenvalue weighted by molar-refractivity contribution is 5.85. The summed E-state index contributed by atoms with van der Waals surface area (Å²) >= 11 is 0. The van der Waals surface area contributed by atoms with Crippen LogP contribution in [0.2, 0.25) is 0 Å². The van der Waals surface area contributed by atoms with Crippen LogP contribution in [0.1, 0.15) is 12.8 Å². The van der Waals surface area contributed by atoms with Gasteiger partial charge in [-0.1, -0.05) is 0 Å². The molecule has 3 nitrogen and oxygen atoms in total. The van der Waals surface area contributed by atoms with Crippen molar-refractivity contribution in [3.63, 3.8) is 0 Å². The molecule has 0 heterocycles. The first-order chi connectivity index (χ1) is 4.25. The van der Waals surface area contributed by atoms with Crippen molar-refractivity contribution in [3.05, 3.63) is 0 Å². The van der Waals surface area contributed by atoms with Gasteiger partial charge in [-0.15, -0.1) is 12.4 Å². The lowest BCUT2D eigenvalue weighted by atomic mass is 10.2. The molecule has 1 aliphatic rings. The number of nitrogens with two attached hydrogens (primary N) is 1. The number of hydrogen-bond donors (Lipinski definition) is 1. The summed E-state index contributed by atoms with van der Waals surface area (Å²) in [6, 6.07) is -0.366. The minimum absolute atomic E-state index is 0. The van der Waals surface area contributed by atoms with Crippen molar-refractivity contribution in [2.45, 2.75) is 18.9 Å². The Labute approximate surface area is 66.3 Å². The SMILES string of the molecule is COC(=O)[C@H](N)C1CC1.Cl. The topological polar surface area (TPSA) is 52.3 Å². The largest absolute Gasteiger partial charge is 0.468 e. The van der Waals surface area contributed by atoms with Gasteiger partial charge in [0, 0.05) is 0 Å². The van der Waals surface area contributed by atoms with E-state index in [0.717, 1.165) is 12.8 Å². The Morgan fingerprint density at radius 2 is 2.20 bits per heavy atom. The molecule has 0 unspecified atom stereocenters. The van der Waals surface area contributed by atoms with Gasteiger partial charge in [-0.2, -0.15) is 0 Å². The second-order valence-electron chi connectivity index (χ2n) is 2.39. The average molecular weight is 166 g/mol. The molecule has 0 aromatic rings. The van der Waals surface area contributed by atoms with Gasteiger partial charge in [0.15, 0.2) is 0 Å². The Balaban J connectivity index is 0.000000810. The van der Waals surface area contributed by atoms with Crippen molar-refractivity contribution in [2.24, 2.45) is 11.7 Å². The summed E-state index contributed by atoms with van der Waals surface area (Å²) in [6.07, 6.45) is 2.16. The monoisotopic (exact) mass is 165 g/mol. The van der Waals surface area contributed by atoms with Crippen molar-refractivity contribution in [2.75, 3.05) is 7.11 Å². The van der Waals surface area contributed by atoms with Gasteiger partial charge in [0.05, 0.1) is 7.11 Å². The molecule has 2 N–H and O–H groups in total. The summed E-state index contributed by atoms with van der Waals surface area (Å²) in [5.41, 5.74) is 5.46. The van der Waals surface area contributed by atoms with Crippen LogP contribution in [0.4, 0.5) is 0 Å². The minimum atomic E-state index is -0.366. The van der Waals surface area contributed by atoms with Crippen LogP contribution in [0.5, 0.6) is 0 Å². The molecule has 1 atom stereocenters. The first-order valence-corrected chi connectivity index (χ1v) is 3.09. The number of ether oxygens (including phenoxy) is 1. The number of rotatable bonds is 2. The molecule has 1 aliphatic carbocycles. The van der Waals surface area contributed by atoms with Crippen LogP contribution in [0.25, 0.3) is 0 Å². The Kier molecular flexibility index (Phi) is 3.68. The number of carbonyl (C=O) groups excluding carboxylic acids is 1. The summed E-state index contributed by atoms with van der Waals surface area (Å²) < 4.78 is 4.45. The number of hydrogen-bond acceptors (Lipinski definition) is 3. The molecule has 0 radical (unpaired) electrons. The summed E-state index contributed by atoms with van der Waals surface area (Å²) in [4.78, 5) is 10.6. The van der Waals surface area contributed by atoms with Gasteiger partial charge in [-0.3, -0.25) is 4.79 Å². The molecule has 60 valence electrons. The summed E-state index contributed by atoms with van der Waals surface area (Å²) in [7, 11) is 1.37. The van der Waals surface area contributed by atoms with Crippen molar-refractivity contribution in [1.29, 1.82) is 0 Å². The lowest BCUT2D eigenvalue weighted by Crippen LogP contribution is -2.33. The zero-order valence-corrected chi connectivity index (χ0v) is 6.69. The number of esters is 1. The predicted octanol–water partition coefficient (Wildman–Crippen LogP) is 0.318. The molecule has 0 amide bonds. The van der Waals surface area contributed by atoms with Crippen LogP contribution in [0.3, 0.4) is 0 Å². The van der Waals surface area contributed by atoms with Gasteiger partial charge in [0.25, 0.3) is 0 Å². The molecule has 10 heavy (non-hydrogen) atoms. The summed E-state index contributed by atoms with van der Waals surface area (Å²) in [6.45, 7) is 0. The Hall–Kier alpha value is -0.280. The third kappa shape index (κ3) is 2.15. The van der Waals surface area contributed by atoms with E-state index in [9.17, 15) is 4.79 Å². The van der Waals surface area contributed by atoms with Crippen molar-refractivity contribution in [3.8, 4) is 0 Å². The molecule has 0 saturated heterocycles. The average Bonchev–Trinajstić information content (AvgIpc) is 2.66. The highest BCUT2D eigenvalue weighted by Crippen LogP contribution is 2.31. The number of carbonyl (C=O) groups is 1. The third-order valence-corrected chi connectivity index (χ3v) is 1.60. The van der Waals surface area contributed by atoms with Crippen LogP contribution in [0.15, 0.2) is 0 Å². The van der Waals surface area contributed by atoms with Gasteiger partial charge in [-0.05, 0) is 18.8 Å². The predicted molar refractivity (Wildman–Crippen MR) is 40.0 cm³/mol. The first kappa shape index (κ1) is 9.72. The Morgan fingerprint density at radius 3 is 2.50 bits per heavy atom. The standard InChI is InChI=1S/C6H11NO2.ClH/c1-9-6(8)5(7)4-2-3-4;/h4-5H,2-3,7H2,1H3;1H/t5-;/m1./s1. The lowest BCUT2D eigenvalue weighted by Gasteiger charge is -2.05. The second kappa shape index (κ2) is 3.78. The molecule has 1 fully saturated rings. The van der Waals surface area contributed by atoms with E-state index >= 15 is 0 Å². The molecule has 1 rings (SSSR count). The van der Waals surface area contributed by atoms with E-state index < -0.39 is 0 Å². The molecular formula is C6H12ClNO2. The number of methoxy groups -OCH3 is 1. The second-order valence-corrected chi connectivity index (χ2v) is 2.39. The van der Waals surface area contributed by atoms with Gasteiger partial charge in [0.2, 0.25) is 0 Å². The highest BCUT2D eigenvalue weighted by atomic mass is 35.5. The van der Waals surface area contributed by atoms with Crippen molar-refractivity contribution >= 4 is 18.4 Å². The molecule has 4 heteroatoms. The zero-order chi connectivity index (χ0) is 6.85. The Morgan fingerprint density at radius 1 is 1.70 bits per heavy atom. The van der Waals surface area contributed by atoms with E-state index in [1.807, 2.05) is 0 Å². The molecule has 0 spiro atoms. The van der Waals surface area contributed by atoms with Gasteiger partial charge < -0.3 is 10.5 Å². The van der Waals surface area contributed by atoms with E-state index in [1.165, 1.54) is 7.11 Å². The highest BCUT2D eigenvalue weighted by Gasteiger charge is 2.33. The van der Waals surface area contributed by atoms with Crippen molar-refractivity contribution in [1.82, 2.24) is 0 Å². The maximum Gasteiger partial charge on any atom is 0.322 e.